The van der Waals surface area contributed by atoms with Crippen molar-refractivity contribution in [2.75, 3.05) is 32.7 Å². The molecular formula is C13H26N4O2. The number of piperazine rings is 1. The summed E-state index contributed by atoms with van der Waals surface area (Å²) in [6.07, 6.45) is 1.88. The predicted molar refractivity (Wildman–Crippen MR) is 74.2 cm³/mol. The van der Waals surface area contributed by atoms with Crippen LogP contribution in [-0.2, 0) is 0 Å². The van der Waals surface area contributed by atoms with E-state index in [1.807, 2.05) is 0 Å². The van der Waals surface area contributed by atoms with Crippen LogP contribution in [0.4, 0.5) is 4.79 Å². The van der Waals surface area contributed by atoms with Gasteiger partial charge in [-0.2, -0.15) is 0 Å². The van der Waals surface area contributed by atoms with Crippen LogP contribution in [0, 0.1) is 0 Å². The lowest BCUT2D eigenvalue weighted by molar-refractivity contribution is 0.0700. The fourth-order valence-electron chi connectivity index (χ4n) is 3.27. The van der Waals surface area contributed by atoms with E-state index in [9.17, 15) is 4.79 Å². The fraction of sp³-hybridized carbons (Fsp3) is 0.923. The third-order valence-corrected chi connectivity index (χ3v) is 4.56. The molecule has 2 aliphatic rings. The van der Waals surface area contributed by atoms with Crippen molar-refractivity contribution >= 4 is 6.09 Å². The van der Waals surface area contributed by atoms with Crippen LogP contribution in [0.3, 0.4) is 0 Å². The van der Waals surface area contributed by atoms with Gasteiger partial charge in [0.15, 0.2) is 0 Å². The number of amides is 1. The highest BCUT2D eigenvalue weighted by Crippen LogP contribution is 2.23. The number of carbonyl (C=O) groups is 1. The molecule has 2 rings (SSSR count). The van der Waals surface area contributed by atoms with Crippen LogP contribution in [0.15, 0.2) is 0 Å². The zero-order valence-corrected chi connectivity index (χ0v) is 11.7. The summed E-state index contributed by atoms with van der Waals surface area (Å²) in [7, 11) is 0. The molecule has 6 heteroatoms. The summed E-state index contributed by atoms with van der Waals surface area (Å²) in [5, 5.41) is 11.4. The van der Waals surface area contributed by atoms with Gasteiger partial charge in [0.1, 0.15) is 0 Å². The molecule has 1 heterocycles. The minimum absolute atomic E-state index is 0.0377. The van der Waals surface area contributed by atoms with Crippen molar-refractivity contribution in [1.29, 1.82) is 0 Å². The van der Waals surface area contributed by atoms with Crippen LogP contribution in [0.25, 0.3) is 0 Å². The van der Waals surface area contributed by atoms with Gasteiger partial charge in [0.2, 0.25) is 0 Å². The van der Waals surface area contributed by atoms with Crippen molar-refractivity contribution in [1.82, 2.24) is 15.1 Å². The Morgan fingerprint density at radius 1 is 1.32 bits per heavy atom. The van der Waals surface area contributed by atoms with E-state index >= 15 is 0 Å². The number of likely N-dealkylation sites (N-methyl/N-ethyl adjacent to an activating group) is 1. The molecule has 1 amide bonds. The highest BCUT2D eigenvalue weighted by Gasteiger charge is 2.33. The topological polar surface area (TPSA) is 81.8 Å². The summed E-state index contributed by atoms with van der Waals surface area (Å²) >= 11 is 0. The van der Waals surface area contributed by atoms with Crippen LogP contribution >= 0.6 is 0 Å². The highest BCUT2D eigenvalue weighted by molar-refractivity contribution is 5.65. The first-order valence-corrected chi connectivity index (χ1v) is 7.31. The molecule has 1 aliphatic heterocycles. The highest BCUT2D eigenvalue weighted by atomic mass is 16.4. The minimum Gasteiger partial charge on any atom is -0.465 e. The van der Waals surface area contributed by atoms with Gasteiger partial charge < -0.3 is 21.1 Å². The van der Waals surface area contributed by atoms with Crippen LogP contribution in [0.1, 0.15) is 26.2 Å². The first-order valence-electron chi connectivity index (χ1n) is 7.31. The summed E-state index contributed by atoms with van der Waals surface area (Å²) in [6.45, 7) is 7.74. The lowest BCUT2D eigenvalue weighted by atomic mass is 9.86. The van der Waals surface area contributed by atoms with Gasteiger partial charge in [-0.05, 0) is 25.8 Å². The van der Waals surface area contributed by atoms with Gasteiger partial charge in [0, 0.05) is 44.3 Å². The number of nitrogens with two attached hydrogens (primary N) is 1. The van der Waals surface area contributed by atoms with E-state index in [1.54, 1.807) is 0 Å². The SMILES string of the molecule is CCN1CCN(C2CCC(N)C(NC(=O)O)C2)CC1. The molecule has 0 aromatic rings. The second-order valence-corrected chi connectivity index (χ2v) is 5.66. The molecule has 0 aromatic carbocycles. The van der Waals surface area contributed by atoms with Crippen LogP contribution < -0.4 is 11.1 Å². The van der Waals surface area contributed by atoms with E-state index in [1.165, 1.54) is 0 Å². The average molecular weight is 270 g/mol. The largest absolute Gasteiger partial charge is 0.465 e. The van der Waals surface area contributed by atoms with E-state index in [0.717, 1.165) is 52.0 Å². The van der Waals surface area contributed by atoms with Gasteiger partial charge in [0.05, 0.1) is 0 Å². The predicted octanol–water partition coefficient (Wildman–Crippen LogP) is 0.140. The number of hydrogen-bond acceptors (Lipinski definition) is 4. The van der Waals surface area contributed by atoms with Gasteiger partial charge >= 0.3 is 6.09 Å². The molecule has 110 valence electrons. The second kappa shape index (κ2) is 6.54. The third-order valence-electron chi connectivity index (χ3n) is 4.56. The molecule has 1 saturated carbocycles. The van der Waals surface area contributed by atoms with E-state index < -0.39 is 6.09 Å². The van der Waals surface area contributed by atoms with Crippen LogP contribution in [-0.4, -0.2) is 71.8 Å². The van der Waals surface area contributed by atoms with Gasteiger partial charge in [-0.1, -0.05) is 6.92 Å². The van der Waals surface area contributed by atoms with E-state index in [4.69, 9.17) is 10.8 Å². The third kappa shape index (κ3) is 3.81. The molecule has 0 radical (unpaired) electrons. The Kier molecular flexibility index (Phi) is 5.01. The molecule has 19 heavy (non-hydrogen) atoms. The molecule has 1 aliphatic carbocycles. The lowest BCUT2D eigenvalue weighted by Crippen LogP contribution is -2.57. The number of hydrogen-bond donors (Lipinski definition) is 3. The normalized spacial score (nSPS) is 34.1. The molecule has 0 spiro atoms. The molecule has 1 saturated heterocycles. The van der Waals surface area contributed by atoms with E-state index in [-0.39, 0.29) is 12.1 Å². The molecule has 4 N–H and O–H groups in total. The molecule has 3 unspecified atom stereocenters. The fourth-order valence-corrected chi connectivity index (χ4v) is 3.27. The molecular weight excluding hydrogens is 244 g/mol. The molecule has 6 nitrogen and oxygen atoms in total. The first-order chi connectivity index (χ1) is 9.10. The number of rotatable bonds is 3. The van der Waals surface area contributed by atoms with Crippen LogP contribution in [0.5, 0.6) is 0 Å². The standard InChI is InChI=1S/C13H26N4O2/c1-2-16-5-7-17(8-6-16)10-3-4-11(14)12(9-10)15-13(18)19/h10-12,15H,2-9,14H2,1H3,(H,18,19). The van der Waals surface area contributed by atoms with Gasteiger partial charge in [-0.15, -0.1) is 0 Å². The second-order valence-electron chi connectivity index (χ2n) is 5.66. The van der Waals surface area contributed by atoms with Gasteiger partial charge in [-0.3, -0.25) is 4.90 Å². The van der Waals surface area contributed by atoms with Gasteiger partial charge in [0.25, 0.3) is 0 Å². The van der Waals surface area contributed by atoms with E-state index in [0.29, 0.717) is 6.04 Å². The monoisotopic (exact) mass is 270 g/mol. The van der Waals surface area contributed by atoms with Crippen molar-refractivity contribution < 1.29 is 9.90 Å². The lowest BCUT2D eigenvalue weighted by Gasteiger charge is -2.43. The van der Waals surface area contributed by atoms with E-state index in [2.05, 4.69) is 22.0 Å². The van der Waals surface area contributed by atoms with Crippen molar-refractivity contribution in [2.24, 2.45) is 5.73 Å². The zero-order chi connectivity index (χ0) is 13.8. The molecule has 0 aromatic heterocycles. The van der Waals surface area contributed by atoms with Crippen molar-refractivity contribution in [2.45, 2.75) is 44.3 Å². The smallest absolute Gasteiger partial charge is 0.404 e. The Hall–Kier alpha value is -0.850. The van der Waals surface area contributed by atoms with Crippen molar-refractivity contribution in [3.8, 4) is 0 Å². The van der Waals surface area contributed by atoms with Crippen LogP contribution in [0.2, 0.25) is 0 Å². The number of nitrogens with one attached hydrogen (secondary N) is 1. The number of nitrogens with zero attached hydrogens (tertiary/aromatic N) is 2. The summed E-state index contributed by atoms with van der Waals surface area (Å²) < 4.78 is 0. The maximum atomic E-state index is 10.8. The molecule has 2 fully saturated rings. The van der Waals surface area contributed by atoms with Crippen molar-refractivity contribution in [3.05, 3.63) is 0 Å². The summed E-state index contributed by atoms with van der Waals surface area (Å²) in [6, 6.07) is 0.348. The van der Waals surface area contributed by atoms with Gasteiger partial charge in [-0.25, -0.2) is 4.79 Å². The maximum Gasteiger partial charge on any atom is 0.404 e. The Morgan fingerprint density at radius 3 is 2.58 bits per heavy atom. The molecule has 3 atom stereocenters. The Labute approximate surface area is 114 Å². The number of carboxylic acid groups (broad SMARTS) is 1. The quantitative estimate of drug-likeness (QED) is 0.679. The molecule has 0 bridgehead atoms. The first kappa shape index (κ1) is 14.6. The van der Waals surface area contributed by atoms with Crippen molar-refractivity contribution in [3.63, 3.8) is 0 Å². The Balaban J connectivity index is 1.86. The Bertz CT molecular complexity index is 305. The summed E-state index contributed by atoms with van der Waals surface area (Å²) in [5.74, 6) is 0. The Morgan fingerprint density at radius 2 is 2.00 bits per heavy atom. The summed E-state index contributed by atoms with van der Waals surface area (Å²) in [4.78, 5) is 15.8. The average Bonchev–Trinajstić information content (AvgIpc) is 2.41. The zero-order valence-electron chi connectivity index (χ0n) is 11.7. The minimum atomic E-state index is -0.961. The summed E-state index contributed by atoms with van der Waals surface area (Å²) in [5.41, 5.74) is 6.01. The maximum absolute atomic E-state index is 10.8.